The van der Waals surface area contributed by atoms with Gasteiger partial charge in [0, 0.05) is 5.02 Å². The minimum Gasteiger partial charge on any atom is -0.493 e. The molecule has 0 radical (unpaired) electrons. The lowest BCUT2D eigenvalue weighted by Crippen LogP contribution is -2.23. The number of rotatable bonds is 8. The van der Waals surface area contributed by atoms with Gasteiger partial charge < -0.3 is 19.2 Å². The van der Waals surface area contributed by atoms with Crippen molar-refractivity contribution in [2.75, 3.05) is 7.11 Å². The molecule has 158 valence electrons. The molecule has 0 spiro atoms. The second-order valence-electron chi connectivity index (χ2n) is 6.38. The number of hydrogen-bond acceptors (Lipinski definition) is 5. The minimum absolute atomic E-state index is 0.0285. The number of carbonyl (C=O) groups excluding carboxylic acids is 1. The number of methoxy groups -OCH3 is 1. The summed E-state index contributed by atoms with van der Waals surface area (Å²) in [6.07, 6.45) is 3.03. The summed E-state index contributed by atoms with van der Waals surface area (Å²) in [5, 5.41) is 12.7. The molecule has 0 aliphatic carbocycles. The normalized spacial score (nSPS) is 11.0. The fourth-order valence-corrected chi connectivity index (χ4v) is 3.60. The molecule has 0 saturated carbocycles. The molecule has 3 aromatic rings. The average molecular weight is 549 g/mol. The molecule has 0 bridgehead atoms. The quantitative estimate of drug-likeness (QED) is 0.233. The lowest BCUT2D eigenvalue weighted by atomic mass is 10.1. The van der Waals surface area contributed by atoms with Crippen molar-refractivity contribution in [3.63, 3.8) is 0 Å². The summed E-state index contributed by atoms with van der Waals surface area (Å²) in [6, 6.07) is 16.3. The van der Waals surface area contributed by atoms with Crippen molar-refractivity contribution < 1.29 is 18.7 Å². The van der Waals surface area contributed by atoms with E-state index < -0.39 is 5.91 Å². The molecule has 1 amide bonds. The van der Waals surface area contributed by atoms with Gasteiger partial charge in [-0.15, -0.1) is 0 Å². The number of furan rings is 1. The van der Waals surface area contributed by atoms with Crippen LogP contribution in [-0.2, 0) is 17.9 Å². The van der Waals surface area contributed by atoms with Gasteiger partial charge in [0.25, 0.3) is 5.91 Å². The largest absolute Gasteiger partial charge is 0.493 e. The summed E-state index contributed by atoms with van der Waals surface area (Å²) in [7, 11) is 1.54. The minimum atomic E-state index is -0.490. The molecule has 1 aromatic heterocycles. The third kappa shape index (κ3) is 6.26. The molecule has 6 nitrogen and oxygen atoms in total. The maximum absolute atomic E-state index is 12.4. The number of carbonyl (C=O) groups is 1. The molecule has 0 aliphatic heterocycles. The van der Waals surface area contributed by atoms with Crippen molar-refractivity contribution in [2.45, 2.75) is 13.2 Å². The van der Waals surface area contributed by atoms with Crippen LogP contribution in [0.4, 0.5) is 0 Å². The second-order valence-corrected chi connectivity index (χ2v) is 7.98. The first-order valence-electron chi connectivity index (χ1n) is 9.17. The molecule has 2 aromatic carbocycles. The molecule has 0 fully saturated rings. The highest BCUT2D eigenvalue weighted by molar-refractivity contribution is 14.1. The molecule has 0 aliphatic rings. The molecule has 0 atom stereocenters. The van der Waals surface area contributed by atoms with Crippen LogP contribution in [0.5, 0.6) is 11.5 Å². The molecule has 3 rings (SSSR count). The van der Waals surface area contributed by atoms with Gasteiger partial charge in [0.15, 0.2) is 11.5 Å². The Hall–Kier alpha value is -2.96. The number of halogens is 2. The molecule has 1 N–H and O–H groups in total. The van der Waals surface area contributed by atoms with Crippen molar-refractivity contribution >= 4 is 46.2 Å². The number of ether oxygens (including phenoxy) is 2. The number of hydrogen-bond donors (Lipinski definition) is 1. The monoisotopic (exact) mass is 548 g/mol. The summed E-state index contributed by atoms with van der Waals surface area (Å²) in [5.41, 5.74) is 1.58. The molecule has 1 heterocycles. The van der Waals surface area contributed by atoms with E-state index in [1.54, 1.807) is 30.3 Å². The summed E-state index contributed by atoms with van der Waals surface area (Å²) >= 11 is 8.05. The van der Waals surface area contributed by atoms with Crippen LogP contribution in [-0.4, -0.2) is 13.0 Å². The van der Waals surface area contributed by atoms with Crippen LogP contribution in [0.15, 0.2) is 64.8 Å². The highest BCUT2D eigenvalue weighted by Gasteiger charge is 2.14. The highest BCUT2D eigenvalue weighted by atomic mass is 127. The SMILES string of the molecule is COc1cc(/C=C(\C#N)C(=O)NCc2ccco2)cc(I)c1OCc1ccc(Cl)cc1. The number of benzene rings is 2. The first kappa shape index (κ1) is 22.7. The van der Waals surface area contributed by atoms with E-state index >= 15 is 0 Å². The molecule has 31 heavy (non-hydrogen) atoms. The Morgan fingerprint density at radius 3 is 2.71 bits per heavy atom. The highest BCUT2D eigenvalue weighted by Crippen LogP contribution is 2.35. The Morgan fingerprint density at radius 2 is 2.06 bits per heavy atom. The van der Waals surface area contributed by atoms with Crippen molar-refractivity contribution in [1.82, 2.24) is 5.32 Å². The van der Waals surface area contributed by atoms with Crippen molar-refractivity contribution in [1.29, 1.82) is 5.26 Å². The van der Waals surface area contributed by atoms with E-state index in [2.05, 4.69) is 27.9 Å². The Kier molecular flexibility index (Phi) is 7.98. The van der Waals surface area contributed by atoms with Gasteiger partial charge in [-0.05, 0) is 76.2 Å². The average Bonchev–Trinajstić information content (AvgIpc) is 3.29. The van der Waals surface area contributed by atoms with Gasteiger partial charge in [0.2, 0.25) is 0 Å². The Labute approximate surface area is 198 Å². The van der Waals surface area contributed by atoms with Crippen LogP contribution in [0.2, 0.25) is 5.02 Å². The van der Waals surface area contributed by atoms with Gasteiger partial charge in [0.1, 0.15) is 24.0 Å². The Bertz CT molecular complexity index is 1120. The van der Waals surface area contributed by atoms with E-state index in [-0.39, 0.29) is 12.1 Å². The van der Waals surface area contributed by atoms with Crippen molar-refractivity contribution in [2.24, 2.45) is 0 Å². The standard InChI is InChI=1S/C23H18ClIN2O4/c1-29-21-11-16(9-17(12-26)23(28)27-13-19-3-2-8-30-19)10-20(25)22(21)31-14-15-4-6-18(24)7-5-15/h2-11H,13-14H2,1H3,(H,27,28)/b17-9+. The molecular formula is C23H18ClIN2O4. The van der Waals surface area contributed by atoms with E-state index in [0.717, 1.165) is 9.13 Å². The fourth-order valence-electron chi connectivity index (χ4n) is 2.69. The van der Waals surface area contributed by atoms with Gasteiger partial charge in [-0.25, -0.2) is 0 Å². The third-order valence-electron chi connectivity index (χ3n) is 4.23. The van der Waals surface area contributed by atoms with Gasteiger partial charge in [-0.1, -0.05) is 23.7 Å². The number of nitrogens with zero attached hydrogens (tertiary/aromatic N) is 1. The van der Waals surface area contributed by atoms with Crippen LogP contribution < -0.4 is 14.8 Å². The van der Waals surface area contributed by atoms with E-state index in [1.807, 2.05) is 24.3 Å². The van der Waals surface area contributed by atoms with Crippen LogP contribution in [0.25, 0.3) is 6.08 Å². The summed E-state index contributed by atoms with van der Waals surface area (Å²) < 4.78 is 17.4. The number of nitriles is 1. The first-order valence-corrected chi connectivity index (χ1v) is 10.6. The summed E-state index contributed by atoms with van der Waals surface area (Å²) in [6.45, 7) is 0.542. The molecular weight excluding hydrogens is 531 g/mol. The maximum atomic E-state index is 12.4. The van der Waals surface area contributed by atoms with E-state index in [0.29, 0.717) is 34.5 Å². The van der Waals surface area contributed by atoms with Crippen LogP contribution in [0, 0.1) is 14.9 Å². The smallest absolute Gasteiger partial charge is 0.262 e. The zero-order valence-electron chi connectivity index (χ0n) is 16.5. The lowest BCUT2D eigenvalue weighted by molar-refractivity contribution is -0.117. The zero-order valence-corrected chi connectivity index (χ0v) is 19.4. The summed E-state index contributed by atoms with van der Waals surface area (Å²) in [4.78, 5) is 12.4. The number of nitrogens with one attached hydrogen (secondary N) is 1. The summed E-state index contributed by atoms with van der Waals surface area (Å²) in [5.74, 6) is 1.19. The number of amides is 1. The van der Waals surface area contributed by atoms with E-state index in [9.17, 15) is 10.1 Å². The van der Waals surface area contributed by atoms with E-state index in [4.69, 9.17) is 25.5 Å². The predicted octanol–water partition coefficient (Wildman–Crippen LogP) is 5.35. The maximum Gasteiger partial charge on any atom is 0.262 e. The molecule has 0 unspecified atom stereocenters. The molecule has 0 saturated heterocycles. The van der Waals surface area contributed by atoms with Crippen LogP contribution in [0.3, 0.4) is 0 Å². The van der Waals surface area contributed by atoms with Crippen molar-refractivity contribution in [3.05, 3.63) is 85.8 Å². The van der Waals surface area contributed by atoms with Gasteiger partial charge >= 0.3 is 0 Å². The van der Waals surface area contributed by atoms with Crippen LogP contribution in [0.1, 0.15) is 16.9 Å². The third-order valence-corrected chi connectivity index (χ3v) is 5.28. The zero-order chi connectivity index (χ0) is 22.2. The molecule has 8 heteroatoms. The van der Waals surface area contributed by atoms with Gasteiger partial charge in [0.05, 0.1) is 23.5 Å². The van der Waals surface area contributed by atoms with E-state index in [1.165, 1.54) is 19.4 Å². The topological polar surface area (TPSA) is 84.5 Å². The second kappa shape index (κ2) is 10.9. The van der Waals surface area contributed by atoms with Crippen molar-refractivity contribution in [3.8, 4) is 17.6 Å². The lowest BCUT2D eigenvalue weighted by Gasteiger charge is -2.14. The Balaban J connectivity index is 1.76. The fraction of sp³-hybridized carbons (Fsp3) is 0.130. The predicted molar refractivity (Wildman–Crippen MR) is 126 cm³/mol. The Morgan fingerprint density at radius 1 is 1.29 bits per heavy atom. The van der Waals surface area contributed by atoms with Gasteiger partial charge in [-0.3, -0.25) is 4.79 Å². The van der Waals surface area contributed by atoms with Crippen LogP contribution >= 0.6 is 34.2 Å². The first-order chi connectivity index (χ1) is 15.0. The van der Waals surface area contributed by atoms with Gasteiger partial charge in [-0.2, -0.15) is 5.26 Å².